The number of rotatable bonds is 6. The van der Waals surface area contributed by atoms with Crippen LogP contribution in [0.25, 0.3) is 11.1 Å². The van der Waals surface area contributed by atoms with Crippen molar-refractivity contribution in [2.24, 2.45) is 5.73 Å². The van der Waals surface area contributed by atoms with Gasteiger partial charge in [-0.2, -0.15) is 4.31 Å². The number of thiophene rings is 1. The third-order valence-electron chi connectivity index (χ3n) is 5.34. The summed E-state index contributed by atoms with van der Waals surface area (Å²) >= 11 is 1.27. The molecule has 0 spiro atoms. The molecule has 8 nitrogen and oxygen atoms in total. The fraction of sp³-hybridized carbons (Fsp3) is 0.217. The molecule has 0 radical (unpaired) electrons. The Morgan fingerprint density at radius 1 is 1.03 bits per heavy atom. The summed E-state index contributed by atoms with van der Waals surface area (Å²) < 4.78 is 32.1. The highest BCUT2D eigenvalue weighted by atomic mass is 32.2. The van der Waals surface area contributed by atoms with Gasteiger partial charge in [0.15, 0.2) is 0 Å². The maximum absolute atomic E-state index is 12.9. The normalized spacial score (nSPS) is 14.7. The van der Waals surface area contributed by atoms with Crippen molar-refractivity contribution in [2.75, 3.05) is 31.6 Å². The molecule has 1 aliphatic rings. The summed E-state index contributed by atoms with van der Waals surface area (Å²) in [4.78, 5) is 26.1. The van der Waals surface area contributed by atoms with Crippen molar-refractivity contribution in [3.63, 3.8) is 0 Å². The van der Waals surface area contributed by atoms with E-state index in [1.807, 2.05) is 37.3 Å². The van der Waals surface area contributed by atoms with Crippen molar-refractivity contribution in [1.29, 1.82) is 0 Å². The molecule has 0 saturated carbocycles. The zero-order valence-corrected chi connectivity index (χ0v) is 19.5. The second-order valence-electron chi connectivity index (χ2n) is 7.46. The fourth-order valence-corrected chi connectivity index (χ4v) is 6.19. The van der Waals surface area contributed by atoms with E-state index < -0.39 is 21.8 Å². The van der Waals surface area contributed by atoms with Crippen LogP contribution in [0.5, 0.6) is 0 Å². The molecule has 1 fully saturated rings. The molecule has 0 aliphatic carbocycles. The first-order chi connectivity index (χ1) is 15.8. The van der Waals surface area contributed by atoms with Gasteiger partial charge < -0.3 is 15.8 Å². The van der Waals surface area contributed by atoms with E-state index in [4.69, 9.17) is 10.5 Å². The second kappa shape index (κ2) is 9.44. The number of carbonyl (C=O) groups excluding carboxylic acids is 2. The molecular weight excluding hydrogens is 462 g/mol. The molecule has 3 aromatic rings. The van der Waals surface area contributed by atoms with Gasteiger partial charge in [-0.1, -0.05) is 30.3 Å². The van der Waals surface area contributed by atoms with Crippen LogP contribution in [-0.2, 0) is 14.8 Å². The molecule has 1 saturated heterocycles. The van der Waals surface area contributed by atoms with Crippen LogP contribution in [-0.4, -0.2) is 50.8 Å². The zero-order valence-electron chi connectivity index (χ0n) is 17.9. The third-order valence-corrected chi connectivity index (χ3v) is 8.28. The number of nitrogens with two attached hydrogens (primary N) is 1. The van der Waals surface area contributed by atoms with Crippen LogP contribution in [0.3, 0.4) is 0 Å². The predicted molar refractivity (Wildman–Crippen MR) is 127 cm³/mol. The second-order valence-corrected chi connectivity index (χ2v) is 10.6. The Labute approximate surface area is 196 Å². The SMILES string of the molecule is Cc1sc(NC(=O)c2ccc(S(=O)(=O)N3CCOCC3)cc2)c(C(N)=O)c1-c1ccccc1. The zero-order chi connectivity index (χ0) is 23.6. The van der Waals surface area contributed by atoms with Crippen LogP contribution in [0.15, 0.2) is 59.5 Å². The summed E-state index contributed by atoms with van der Waals surface area (Å²) in [6, 6.07) is 15.1. The number of sulfonamides is 1. The lowest BCUT2D eigenvalue weighted by Gasteiger charge is -2.26. The van der Waals surface area contributed by atoms with Gasteiger partial charge in [0.05, 0.1) is 23.7 Å². The van der Waals surface area contributed by atoms with Crippen molar-refractivity contribution >= 4 is 38.2 Å². The molecule has 0 atom stereocenters. The Morgan fingerprint density at radius 3 is 2.27 bits per heavy atom. The molecule has 4 rings (SSSR count). The van der Waals surface area contributed by atoms with Crippen LogP contribution in [0, 0.1) is 6.92 Å². The maximum Gasteiger partial charge on any atom is 0.256 e. The molecule has 2 amide bonds. The Hall–Kier alpha value is -3.05. The highest BCUT2D eigenvalue weighted by Gasteiger charge is 2.27. The molecule has 172 valence electrons. The van der Waals surface area contributed by atoms with Crippen molar-refractivity contribution in [1.82, 2.24) is 4.31 Å². The van der Waals surface area contributed by atoms with Crippen LogP contribution in [0.2, 0.25) is 0 Å². The highest BCUT2D eigenvalue weighted by Crippen LogP contribution is 2.39. The number of morpholine rings is 1. The molecule has 2 aromatic carbocycles. The van der Waals surface area contributed by atoms with Crippen molar-refractivity contribution < 1.29 is 22.7 Å². The van der Waals surface area contributed by atoms with Gasteiger partial charge in [-0.15, -0.1) is 11.3 Å². The molecule has 3 N–H and O–H groups in total. The minimum atomic E-state index is -3.65. The Bertz CT molecular complexity index is 1280. The molecule has 0 unspecified atom stereocenters. The first-order valence-corrected chi connectivity index (χ1v) is 12.5. The van der Waals surface area contributed by atoms with Crippen LogP contribution < -0.4 is 11.1 Å². The summed E-state index contributed by atoms with van der Waals surface area (Å²) in [7, 11) is -3.65. The number of ether oxygens (including phenoxy) is 1. The summed E-state index contributed by atoms with van der Waals surface area (Å²) in [5.74, 6) is -1.10. The van der Waals surface area contributed by atoms with E-state index in [0.717, 1.165) is 10.4 Å². The number of nitrogens with one attached hydrogen (secondary N) is 1. The number of primary amides is 1. The third kappa shape index (κ3) is 4.69. The fourth-order valence-electron chi connectivity index (χ4n) is 3.71. The van der Waals surface area contributed by atoms with Gasteiger partial charge >= 0.3 is 0 Å². The van der Waals surface area contributed by atoms with Crippen LogP contribution in [0.4, 0.5) is 5.00 Å². The van der Waals surface area contributed by atoms with Crippen molar-refractivity contribution in [3.8, 4) is 11.1 Å². The first kappa shape index (κ1) is 23.1. The molecule has 2 heterocycles. The largest absolute Gasteiger partial charge is 0.379 e. The summed E-state index contributed by atoms with van der Waals surface area (Å²) in [6.07, 6.45) is 0. The molecular formula is C23H23N3O5S2. The van der Waals surface area contributed by atoms with Crippen molar-refractivity contribution in [2.45, 2.75) is 11.8 Å². The summed E-state index contributed by atoms with van der Waals surface area (Å²) in [5, 5.41) is 3.12. The van der Waals surface area contributed by atoms with Crippen molar-refractivity contribution in [3.05, 3.63) is 70.6 Å². The highest BCUT2D eigenvalue weighted by molar-refractivity contribution is 7.89. The Balaban J connectivity index is 1.58. The van der Waals surface area contributed by atoms with E-state index >= 15 is 0 Å². The lowest BCUT2D eigenvalue weighted by molar-refractivity contribution is 0.0730. The number of nitrogens with zero attached hydrogens (tertiary/aromatic N) is 1. The topological polar surface area (TPSA) is 119 Å². The van der Waals surface area contributed by atoms with Crippen LogP contribution in [0.1, 0.15) is 25.6 Å². The number of amides is 2. The quantitative estimate of drug-likeness (QED) is 0.556. The number of hydrogen-bond donors (Lipinski definition) is 2. The summed E-state index contributed by atoms with van der Waals surface area (Å²) in [5.41, 5.74) is 7.69. The number of aryl methyl sites for hydroxylation is 1. The number of carbonyl (C=O) groups is 2. The number of benzene rings is 2. The van der Waals surface area contributed by atoms with Gasteiger partial charge in [-0.05, 0) is 36.8 Å². The molecule has 1 aromatic heterocycles. The monoisotopic (exact) mass is 485 g/mol. The minimum absolute atomic E-state index is 0.108. The summed E-state index contributed by atoms with van der Waals surface area (Å²) in [6.45, 7) is 3.16. The average molecular weight is 486 g/mol. The van der Waals surface area contributed by atoms with Gasteiger partial charge in [-0.3, -0.25) is 9.59 Å². The standard InChI is InChI=1S/C23H23N3O5S2/c1-15-19(16-5-3-2-4-6-16)20(21(24)27)23(32-15)25-22(28)17-7-9-18(10-8-17)33(29,30)26-11-13-31-14-12-26/h2-10H,11-14H2,1H3,(H2,24,27)(H,25,28). The maximum atomic E-state index is 12.9. The van der Waals surface area contributed by atoms with E-state index in [0.29, 0.717) is 36.9 Å². The van der Waals surface area contributed by atoms with Gasteiger partial charge in [0.25, 0.3) is 11.8 Å². The van der Waals surface area contributed by atoms with E-state index in [2.05, 4.69) is 5.32 Å². The smallest absolute Gasteiger partial charge is 0.256 e. The molecule has 33 heavy (non-hydrogen) atoms. The average Bonchev–Trinajstić information content (AvgIpc) is 3.16. The minimum Gasteiger partial charge on any atom is -0.379 e. The van der Waals surface area contributed by atoms with Gasteiger partial charge in [-0.25, -0.2) is 8.42 Å². The Morgan fingerprint density at radius 2 is 1.67 bits per heavy atom. The first-order valence-electron chi connectivity index (χ1n) is 10.3. The molecule has 1 aliphatic heterocycles. The molecule has 0 bridgehead atoms. The van der Waals surface area contributed by atoms with Crippen LogP contribution >= 0.6 is 11.3 Å². The van der Waals surface area contributed by atoms with Gasteiger partial charge in [0.2, 0.25) is 10.0 Å². The van der Waals surface area contributed by atoms with E-state index in [1.54, 1.807) is 0 Å². The predicted octanol–water partition coefficient (Wildman–Crippen LogP) is 3.10. The molecule has 10 heteroatoms. The lowest BCUT2D eigenvalue weighted by Crippen LogP contribution is -2.40. The van der Waals surface area contributed by atoms with Gasteiger partial charge in [0.1, 0.15) is 5.00 Å². The Kier molecular flexibility index (Phi) is 6.61. The number of hydrogen-bond acceptors (Lipinski definition) is 6. The van der Waals surface area contributed by atoms with E-state index in [1.165, 1.54) is 39.9 Å². The van der Waals surface area contributed by atoms with E-state index in [9.17, 15) is 18.0 Å². The number of anilines is 1. The lowest BCUT2D eigenvalue weighted by atomic mass is 10.0. The van der Waals surface area contributed by atoms with E-state index in [-0.39, 0.29) is 16.0 Å². The van der Waals surface area contributed by atoms with Gasteiger partial charge in [0, 0.05) is 29.1 Å².